The number of hydrogen-bond acceptors (Lipinski definition) is 4. The van der Waals surface area contributed by atoms with Crippen LogP contribution in [0.25, 0.3) is 0 Å². The number of rotatable bonds is 7. The third-order valence-corrected chi connectivity index (χ3v) is 3.63. The molecular formula is C15H19BrN2O3. The van der Waals surface area contributed by atoms with Gasteiger partial charge in [-0.2, -0.15) is 0 Å². The maximum absolute atomic E-state index is 9.25. The van der Waals surface area contributed by atoms with Gasteiger partial charge < -0.3 is 19.1 Å². The van der Waals surface area contributed by atoms with E-state index in [2.05, 4.69) is 20.9 Å². The SMILES string of the molecule is CCOc1cc(CO)cc(Br)c1OCCc1nccn1C. The summed E-state index contributed by atoms with van der Waals surface area (Å²) in [5, 5.41) is 9.25. The lowest BCUT2D eigenvalue weighted by atomic mass is 10.2. The van der Waals surface area contributed by atoms with Gasteiger partial charge >= 0.3 is 0 Å². The topological polar surface area (TPSA) is 56.5 Å². The minimum Gasteiger partial charge on any atom is -0.490 e. The zero-order valence-corrected chi connectivity index (χ0v) is 13.8. The van der Waals surface area contributed by atoms with E-state index in [9.17, 15) is 5.11 Å². The molecule has 0 atom stereocenters. The third-order valence-electron chi connectivity index (χ3n) is 3.04. The van der Waals surface area contributed by atoms with Crippen LogP contribution in [0.1, 0.15) is 18.3 Å². The highest BCUT2D eigenvalue weighted by Crippen LogP contribution is 2.37. The number of aliphatic hydroxyl groups excluding tert-OH is 1. The van der Waals surface area contributed by atoms with Crippen LogP contribution in [0.5, 0.6) is 11.5 Å². The second kappa shape index (κ2) is 7.47. The number of ether oxygens (including phenoxy) is 2. The minimum absolute atomic E-state index is 0.0355. The van der Waals surface area contributed by atoms with E-state index in [1.165, 1.54) is 0 Å². The number of halogens is 1. The summed E-state index contributed by atoms with van der Waals surface area (Å²) in [6.45, 7) is 2.92. The standard InChI is InChI=1S/C15H19BrN2O3/c1-3-20-13-9-11(10-19)8-12(16)15(13)21-7-4-14-17-5-6-18(14)2/h5-6,8-9,19H,3-4,7,10H2,1-2H3. The van der Waals surface area contributed by atoms with Gasteiger partial charge in [-0.25, -0.2) is 4.98 Å². The number of hydrogen-bond donors (Lipinski definition) is 1. The molecule has 1 heterocycles. The molecule has 0 saturated carbocycles. The van der Waals surface area contributed by atoms with Crippen LogP contribution in [0.2, 0.25) is 0 Å². The average molecular weight is 355 g/mol. The second-order valence-electron chi connectivity index (χ2n) is 4.55. The second-order valence-corrected chi connectivity index (χ2v) is 5.40. The van der Waals surface area contributed by atoms with Crippen LogP contribution in [0, 0.1) is 0 Å². The maximum atomic E-state index is 9.25. The lowest BCUT2D eigenvalue weighted by Crippen LogP contribution is -2.08. The molecular weight excluding hydrogens is 336 g/mol. The minimum atomic E-state index is -0.0355. The van der Waals surface area contributed by atoms with Crippen LogP contribution < -0.4 is 9.47 Å². The molecule has 0 bridgehead atoms. The molecule has 6 heteroatoms. The first kappa shape index (κ1) is 15.9. The number of imidazole rings is 1. The summed E-state index contributed by atoms with van der Waals surface area (Å²) in [7, 11) is 1.96. The van der Waals surface area contributed by atoms with Crippen molar-refractivity contribution in [3.05, 3.63) is 40.4 Å². The van der Waals surface area contributed by atoms with Crippen LogP contribution in [0.15, 0.2) is 29.0 Å². The van der Waals surface area contributed by atoms with Crippen LogP contribution >= 0.6 is 15.9 Å². The Kier molecular flexibility index (Phi) is 5.64. The smallest absolute Gasteiger partial charge is 0.175 e. The molecule has 1 aromatic heterocycles. The third kappa shape index (κ3) is 3.98. The van der Waals surface area contributed by atoms with E-state index in [-0.39, 0.29) is 6.61 Å². The molecule has 0 amide bonds. The first-order chi connectivity index (χ1) is 10.2. The monoisotopic (exact) mass is 354 g/mol. The quantitative estimate of drug-likeness (QED) is 0.830. The molecule has 0 aliphatic carbocycles. The van der Waals surface area contributed by atoms with Gasteiger partial charge in [-0.15, -0.1) is 0 Å². The van der Waals surface area contributed by atoms with Gasteiger partial charge in [0.15, 0.2) is 11.5 Å². The van der Waals surface area contributed by atoms with E-state index in [1.54, 1.807) is 12.3 Å². The molecule has 0 saturated heterocycles. The summed E-state index contributed by atoms with van der Waals surface area (Å²) in [5.41, 5.74) is 0.779. The Hall–Kier alpha value is -1.53. The van der Waals surface area contributed by atoms with Crippen LogP contribution in [-0.4, -0.2) is 27.9 Å². The number of aliphatic hydroxyl groups is 1. The van der Waals surface area contributed by atoms with Gasteiger partial charge in [0.25, 0.3) is 0 Å². The molecule has 1 N–H and O–H groups in total. The molecule has 1 aromatic carbocycles. The van der Waals surface area contributed by atoms with Gasteiger partial charge in [0.1, 0.15) is 5.82 Å². The maximum Gasteiger partial charge on any atom is 0.175 e. The fourth-order valence-corrected chi connectivity index (χ4v) is 2.60. The Morgan fingerprint density at radius 3 is 2.76 bits per heavy atom. The van der Waals surface area contributed by atoms with Crippen molar-refractivity contribution in [1.82, 2.24) is 9.55 Å². The summed E-state index contributed by atoms with van der Waals surface area (Å²) < 4.78 is 14.2. The zero-order chi connectivity index (χ0) is 15.2. The van der Waals surface area contributed by atoms with Gasteiger partial charge in [0, 0.05) is 25.9 Å². The van der Waals surface area contributed by atoms with E-state index < -0.39 is 0 Å². The number of aromatic nitrogens is 2. The molecule has 21 heavy (non-hydrogen) atoms. The largest absolute Gasteiger partial charge is 0.490 e. The molecule has 0 aliphatic rings. The van der Waals surface area contributed by atoms with E-state index in [0.29, 0.717) is 31.1 Å². The highest BCUT2D eigenvalue weighted by molar-refractivity contribution is 9.10. The van der Waals surface area contributed by atoms with Crippen molar-refractivity contribution in [1.29, 1.82) is 0 Å². The average Bonchev–Trinajstić information content (AvgIpc) is 2.87. The van der Waals surface area contributed by atoms with Gasteiger partial charge in [0.05, 0.1) is 24.3 Å². The predicted molar refractivity (Wildman–Crippen MR) is 83.6 cm³/mol. The Morgan fingerprint density at radius 1 is 1.33 bits per heavy atom. The van der Waals surface area contributed by atoms with E-state index in [1.807, 2.05) is 30.8 Å². The summed E-state index contributed by atoms with van der Waals surface area (Å²) >= 11 is 3.47. The molecule has 0 unspecified atom stereocenters. The molecule has 2 rings (SSSR count). The fraction of sp³-hybridized carbons (Fsp3) is 0.400. The summed E-state index contributed by atoms with van der Waals surface area (Å²) in [4.78, 5) is 4.26. The van der Waals surface area contributed by atoms with Gasteiger partial charge in [0.2, 0.25) is 0 Å². The predicted octanol–water partition coefficient (Wildman–Crippen LogP) is 2.70. The molecule has 0 fully saturated rings. The molecule has 0 aliphatic heterocycles. The van der Waals surface area contributed by atoms with Crippen LogP contribution in [0.3, 0.4) is 0 Å². The van der Waals surface area contributed by atoms with E-state index >= 15 is 0 Å². The zero-order valence-electron chi connectivity index (χ0n) is 12.2. The van der Waals surface area contributed by atoms with Crippen molar-refractivity contribution in [3.8, 4) is 11.5 Å². The summed E-state index contributed by atoms with van der Waals surface area (Å²) in [6.07, 6.45) is 4.39. The molecule has 0 radical (unpaired) electrons. The number of nitrogens with zero attached hydrogens (tertiary/aromatic N) is 2. The first-order valence-corrected chi connectivity index (χ1v) is 7.60. The van der Waals surface area contributed by atoms with Crippen molar-refractivity contribution in [2.24, 2.45) is 7.05 Å². The fourth-order valence-electron chi connectivity index (χ4n) is 2.00. The van der Waals surface area contributed by atoms with E-state index in [0.717, 1.165) is 15.9 Å². The Morgan fingerprint density at radius 2 is 2.14 bits per heavy atom. The Balaban J connectivity index is 2.09. The Labute approximate surface area is 132 Å². The Bertz CT molecular complexity index is 599. The summed E-state index contributed by atoms with van der Waals surface area (Å²) in [6, 6.07) is 3.63. The lowest BCUT2D eigenvalue weighted by molar-refractivity contribution is 0.267. The van der Waals surface area contributed by atoms with Crippen molar-refractivity contribution in [3.63, 3.8) is 0 Å². The van der Waals surface area contributed by atoms with Crippen LogP contribution in [0.4, 0.5) is 0 Å². The highest BCUT2D eigenvalue weighted by atomic mass is 79.9. The van der Waals surface area contributed by atoms with Crippen molar-refractivity contribution in [2.45, 2.75) is 20.0 Å². The molecule has 114 valence electrons. The molecule has 0 spiro atoms. The number of aryl methyl sites for hydroxylation is 1. The first-order valence-electron chi connectivity index (χ1n) is 6.80. The van der Waals surface area contributed by atoms with Crippen molar-refractivity contribution >= 4 is 15.9 Å². The van der Waals surface area contributed by atoms with Crippen LogP contribution in [-0.2, 0) is 20.1 Å². The molecule has 5 nitrogen and oxygen atoms in total. The normalized spacial score (nSPS) is 10.7. The number of benzene rings is 1. The van der Waals surface area contributed by atoms with Gasteiger partial charge in [-0.05, 0) is 40.5 Å². The van der Waals surface area contributed by atoms with E-state index in [4.69, 9.17) is 9.47 Å². The lowest BCUT2D eigenvalue weighted by Gasteiger charge is -2.15. The van der Waals surface area contributed by atoms with Crippen molar-refractivity contribution in [2.75, 3.05) is 13.2 Å². The van der Waals surface area contributed by atoms with Crippen molar-refractivity contribution < 1.29 is 14.6 Å². The molecule has 2 aromatic rings. The summed E-state index contributed by atoms with van der Waals surface area (Å²) in [5.74, 6) is 2.26. The van der Waals surface area contributed by atoms with Gasteiger partial charge in [-0.3, -0.25) is 0 Å². The van der Waals surface area contributed by atoms with Gasteiger partial charge in [-0.1, -0.05) is 0 Å². The highest BCUT2D eigenvalue weighted by Gasteiger charge is 2.12.